The van der Waals surface area contributed by atoms with Crippen molar-refractivity contribution < 1.29 is 4.79 Å². The van der Waals surface area contributed by atoms with Crippen molar-refractivity contribution in [2.24, 2.45) is 0 Å². The maximum Gasteiger partial charge on any atom is 0.264 e. The van der Waals surface area contributed by atoms with E-state index < -0.39 is 0 Å². The van der Waals surface area contributed by atoms with Crippen LogP contribution in [-0.4, -0.2) is 22.3 Å². The number of hydrogen-bond acceptors (Lipinski definition) is 2. The van der Waals surface area contributed by atoms with Crippen LogP contribution in [0.3, 0.4) is 0 Å². The second-order valence-corrected chi connectivity index (χ2v) is 6.41. The number of fused-ring (bicyclic) bond motifs is 3. The molecule has 1 aliphatic heterocycles. The second kappa shape index (κ2) is 4.74. The van der Waals surface area contributed by atoms with Gasteiger partial charge >= 0.3 is 0 Å². The van der Waals surface area contributed by atoms with Crippen molar-refractivity contribution >= 4 is 28.1 Å². The molecule has 0 unspecified atom stereocenters. The van der Waals surface area contributed by atoms with Gasteiger partial charge in [-0.2, -0.15) is 0 Å². The van der Waals surface area contributed by atoms with Crippen LogP contribution in [0, 0.1) is 0 Å². The van der Waals surface area contributed by atoms with Crippen molar-refractivity contribution in [1.29, 1.82) is 0 Å². The minimum absolute atomic E-state index is 0.0933. The average Bonchev–Trinajstić information content (AvgIpc) is 3.15. The summed E-state index contributed by atoms with van der Waals surface area (Å²) in [6.45, 7) is 2.89. The third-order valence-electron chi connectivity index (χ3n) is 4.33. The Bertz CT molecular complexity index is 803. The zero-order chi connectivity index (χ0) is 14.4. The average molecular weight is 296 g/mol. The lowest BCUT2D eigenvalue weighted by Gasteiger charge is -2.33. The number of hydrogen-bond donors (Lipinski definition) is 1. The predicted molar refractivity (Wildman–Crippen MR) is 85.8 cm³/mol. The Morgan fingerprint density at radius 1 is 1.29 bits per heavy atom. The van der Waals surface area contributed by atoms with Gasteiger partial charge in [0.1, 0.15) is 0 Å². The topological polar surface area (TPSA) is 36.1 Å². The first-order chi connectivity index (χ1) is 10.3. The molecule has 4 heteroatoms. The molecule has 3 heterocycles. The van der Waals surface area contributed by atoms with Gasteiger partial charge in [-0.3, -0.25) is 4.79 Å². The summed E-state index contributed by atoms with van der Waals surface area (Å²) in [5.41, 5.74) is 3.72. The number of nitrogens with zero attached hydrogens (tertiary/aromatic N) is 1. The Morgan fingerprint density at radius 3 is 2.95 bits per heavy atom. The van der Waals surface area contributed by atoms with Gasteiger partial charge in [-0.15, -0.1) is 11.3 Å². The van der Waals surface area contributed by atoms with Crippen molar-refractivity contribution in [1.82, 2.24) is 9.88 Å². The number of thiophene rings is 1. The van der Waals surface area contributed by atoms with Gasteiger partial charge in [0.2, 0.25) is 0 Å². The zero-order valence-corrected chi connectivity index (χ0v) is 12.6. The quantitative estimate of drug-likeness (QED) is 0.724. The highest BCUT2D eigenvalue weighted by Gasteiger charge is 2.30. The number of aromatic nitrogens is 1. The zero-order valence-electron chi connectivity index (χ0n) is 11.8. The molecule has 0 bridgehead atoms. The third kappa shape index (κ3) is 1.90. The van der Waals surface area contributed by atoms with E-state index >= 15 is 0 Å². The van der Waals surface area contributed by atoms with Crippen LogP contribution >= 0.6 is 11.3 Å². The number of carbonyl (C=O) groups is 1. The molecule has 0 fully saturated rings. The first-order valence-electron chi connectivity index (χ1n) is 7.19. The van der Waals surface area contributed by atoms with Crippen LogP contribution < -0.4 is 0 Å². The van der Waals surface area contributed by atoms with E-state index in [1.54, 1.807) is 0 Å². The normalized spacial score (nSPS) is 18.0. The number of carbonyl (C=O) groups excluding carboxylic acids is 1. The first-order valence-corrected chi connectivity index (χ1v) is 8.07. The molecule has 21 heavy (non-hydrogen) atoms. The number of para-hydroxylation sites is 1. The smallest absolute Gasteiger partial charge is 0.264 e. The summed E-state index contributed by atoms with van der Waals surface area (Å²) in [7, 11) is 0. The van der Waals surface area contributed by atoms with E-state index in [9.17, 15) is 4.79 Å². The van der Waals surface area contributed by atoms with E-state index in [4.69, 9.17) is 0 Å². The lowest BCUT2D eigenvalue weighted by molar-refractivity contribution is 0.0680. The summed E-state index contributed by atoms with van der Waals surface area (Å²) in [5.74, 6) is 0.141. The van der Waals surface area contributed by atoms with E-state index in [2.05, 4.69) is 30.1 Å². The Morgan fingerprint density at radius 2 is 2.14 bits per heavy atom. The SMILES string of the molecule is C[C@@H]1c2[nH]c3ccccc3c2CCN1C(=O)c1cccs1. The van der Waals surface area contributed by atoms with Gasteiger partial charge in [0.05, 0.1) is 10.9 Å². The first kappa shape index (κ1) is 12.7. The number of nitrogens with one attached hydrogen (secondary N) is 1. The maximum absolute atomic E-state index is 12.6. The minimum atomic E-state index is 0.0933. The third-order valence-corrected chi connectivity index (χ3v) is 5.19. The van der Waals surface area contributed by atoms with Crippen LogP contribution in [0.2, 0.25) is 0 Å². The van der Waals surface area contributed by atoms with Crippen molar-refractivity contribution in [3.8, 4) is 0 Å². The Hall–Kier alpha value is -2.07. The summed E-state index contributed by atoms with van der Waals surface area (Å²) in [5, 5.41) is 3.25. The van der Waals surface area contributed by atoms with E-state index in [0.717, 1.165) is 17.8 Å². The number of amides is 1. The Balaban J connectivity index is 1.75. The molecule has 0 radical (unpaired) electrons. The standard InChI is InChI=1S/C17H16N2OS/c1-11-16-13(12-5-2-3-6-14(12)18-16)8-9-19(11)17(20)15-7-4-10-21-15/h2-7,10-11,18H,8-9H2,1H3/t11-/m1/s1. The number of aromatic amines is 1. The molecule has 4 rings (SSSR count). The molecule has 1 N–H and O–H groups in total. The Kier molecular flexibility index (Phi) is 2.86. The summed E-state index contributed by atoms with van der Waals surface area (Å²) in [6.07, 6.45) is 0.917. The molecule has 0 saturated carbocycles. The minimum Gasteiger partial charge on any atom is -0.356 e. The van der Waals surface area contributed by atoms with Crippen molar-refractivity contribution in [3.05, 3.63) is 57.9 Å². The predicted octanol–water partition coefficient (Wildman–Crippen LogP) is 3.99. The van der Waals surface area contributed by atoms with Crippen LogP contribution in [-0.2, 0) is 6.42 Å². The fraction of sp³-hybridized carbons (Fsp3) is 0.235. The molecule has 3 aromatic rings. The second-order valence-electron chi connectivity index (χ2n) is 5.46. The molecule has 0 spiro atoms. The summed E-state index contributed by atoms with van der Waals surface area (Å²) < 4.78 is 0. The maximum atomic E-state index is 12.6. The van der Waals surface area contributed by atoms with Crippen LogP contribution in [0.1, 0.15) is 33.9 Å². The van der Waals surface area contributed by atoms with Crippen LogP contribution in [0.5, 0.6) is 0 Å². The van der Waals surface area contributed by atoms with Crippen molar-refractivity contribution in [2.45, 2.75) is 19.4 Å². The summed E-state index contributed by atoms with van der Waals surface area (Å²) in [6, 6.07) is 12.3. The fourth-order valence-corrected chi connectivity index (χ4v) is 3.93. The highest BCUT2D eigenvalue weighted by atomic mass is 32.1. The summed E-state index contributed by atoms with van der Waals surface area (Å²) in [4.78, 5) is 18.9. The molecule has 3 nitrogen and oxygen atoms in total. The number of benzene rings is 1. The van der Waals surface area contributed by atoms with Gasteiger partial charge in [0, 0.05) is 23.1 Å². The summed E-state index contributed by atoms with van der Waals surface area (Å²) >= 11 is 1.51. The number of rotatable bonds is 1. The molecule has 2 aromatic heterocycles. The van der Waals surface area contributed by atoms with Crippen molar-refractivity contribution in [2.75, 3.05) is 6.54 Å². The van der Waals surface area contributed by atoms with E-state index in [0.29, 0.717) is 0 Å². The van der Waals surface area contributed by atoms with Crippen LogP contribution in [0.4, 0.5) is 0 Å². The fourth-order valence-electron chi connectivity index (χ4n) is 3.25. The molecule has 1 aliphatic rings. The van der Waals surface area contributed by atoms with Gasteiger partial charge < -0.3 is 9.88 Å². The van der Waals surface area contributed by atoms with Crippen LogP contribution in [0.25, 0.3) is 10.9 Å². The lowest BCUT2D eigenvalue weighted by Crippen LogP contribution is -2.38. The molecule has 1 aromatic carbocycles. The number of H-pyrrole nitrogens is 1. The molecule has 0 saturated heterocycles. The molecule has 0 aliphatic carbocycles. The Labute approximate surface area is 127 Å². The molecule has 1 amide bonds. The van der Waals surface area contributed by atoms with E-state index in [1.807, 2.05) is 28.5 Å². The monoisotopic (exact) mass is 296 g/mol. The van der Waals surface area contributed by atoms with Gasteiger partial charge in [0.15, 0.2) is 0 Å². The lowest BCUT2D eigenvalue weighted by atomic mass is 9.98. The molecule has 106 valence electrons. The molecular formula is C17H16N2OS. The van der Waals surface area contributed by atoms with Crippen LogP contribution in [0.15, 0.2) is 41.8 Å². The van der Waals surface area contributed by atoms with E-state index in [1.165, 1.54) is 33.5 Å². The highest BCUT2D eigenvalue weighted by molar-refractivity contribution is 7.12. The van der Waals surface area contributed by atoms with Crippen molar-refractivity contribution in [3.63, 3.8) is 0 Å². The molecular weight excluding hydrogens is 280 g/mol. The van der Waals surface area contributed by atoms with Gasteiger partial charge in [-0.25, -0.2) is 0 Å². The van der Waals surface area contributed by atoms with Gasteiger partial charge in [-0.1, -0.05) is 24.3 Å². The van der Waals surface area contributed by atoms with Gasteiger partial charge in [0.25, 0.3) is 5.91 Å². The molecule has 1 atom stereocenters. The highest BCUT2D eigenvalue weighted by Crippen LogP contribution is 2.35. The largest absolute Gasteiger partial charge is 0.356 e. The van der Waals surface area contributed by atoms with Gasteiger partial charge in [-0.05, 0) is 36.4 Å². The van der Waals surface area contributed by atoms with E-state index in [-0.39, 0.29) is 11.9 Å².